The Bertz CT molecular complexity index is 588. The second-order valence-electron chi connectivity index (χ2n) is 3.87. The minimum Gasteiger partial charge on any atom is -0.348 e. The van der Waals surface area contributed by atoms with Crippen molar-refractivity contribution in [3.63, 3.8) is 0 Å². The number of fused-ring (bicyclic) bond motifs is 1. The van der Waals surface area contributed by atoms with Crippen LogP contribution in [0, 0.1) is 0 Å². The minimum absolute atomic E-state index is 0.0877. The van der Waals surface area contributed by atoms with Crippen molar-refractivity contribution in [1.82, 2.24) is 9.55 Å². The van der Waals surface area contributed by atoms with Crippen LogP contribution < -0.4 is 5.56 Å². The van der Waals surface area contributed by atoms with Gasteiger partial charge in [0.15, 0.2) is 6.29 Å². The van der Waals surface area contributed by atoms with Crippen molar-refractivity contribution in [2.75, 3.05) is 13.2 Å². The standard InChI is InChI=1S/C12H12N2O3/c15-10-4-3-9-2-1-5-13-12(9)14(10)8-11-16-6-7-17-11/h1-5,11H,6-8H2. The van der Waals surface area contributed by atoms with Crippen LogP contribution in [-0.4, -0.2) is 29.1 Å². The van der Waals surface area contributed by atoms with Gasteiger partial charge in [-0.25, -0.2) is 4.98 Å². The van der Waals surface area contributed by atoms with Crippen molar-refractivity contribution < 1.29 is 9.47 Å². The number of rotatable bonds is 2. The first-order chi connectivity index (χ1) is 8.34. The predicted molar refractivity (Wildman–Crippen MR) is 61.7 cm³/mol. The van der Waals surface area contributed by atoms with E-state index < -0.39 is 0 Å². The van der Waals surface area contributed by atoms with Crippen LogP contribution in [-0.2, 0) is 16.0 Å². The zero-order valence-electron chi connectivity index (χ0n) is 9.20. The van der Waals surface area contributed by atoms with Gasteiger partial charge in [0.2, 0.25) is 0 Å². The van der Waals surface area contributed by atoms with Crippen molar-refractivity contribution >= 4 is 11.0 Å². The van der Waals surface area contributed by atoms with E-state index in [1.807, 2.05) is 12.1 Å². The number of ether oxygens (including phenoxy) is 2. The first-order valence-electron chi connectivity index (χ1n) is 5.52. The molecule has 0 amide bonds. The molecule has 17 heavy (non-hydrogen) atoms. The summed E-state index contributed by atoms with van der Waals surface area (Å²) >= 11 is 0. The molecule has 1 aliphatic heterocycles. The molecule has 0 unspecified atom stereocenters. The van der Waals surface area contributed by atoms with Gasteiger partial charge in [0, 0.05) is 17.6 Å². The van der Waals surface area contributed by atoms with Crippen molar-refractivity contribution in [3.05, 3.63) is 40.8 Å². The van der Waals surface area contributed by atoms with E-state index in [9.17, 15) is 4.79 Å². The van der Waals surface area contributed by atoms with E-state index in [2.05, 4.69) is 4.98 Å². The third-order valence-electron chi connectivity index (χ3n) is 2.77. The van der Waals surface area contributed by atoms with Crippen LogP contribution in [0.5, 0.6) is 0 Å². The highest BCUT2D eigenvalue weighted by Gasteiger charge is 2.18. The molecule has 2 aromatic heterocycles. The van der Waals surface area contributed by atoms with Crippen LogP contribution in [0.3, 0.4) is 0 Å². The van der Waals surface area contributed by atoms with E-state index >= 15 is 0 Å². The third kappa shape index (κ3) is 1.94. The predicted octanol–water partition coefficient (Wildman–Crippen LogP) is 0.769. The van der Waals surface area contributed by atoms with E-state index in [0.717, 1.165) is 5.39 Å². The number of nitrogens with zero attached hydrogens (tertiary/aromatic N) is 2. The van der Waals surface area contributed by atoms with Gasteiger partial charge in [-0.3, -0.25) is 9.36 Å². The maximum atomic E-state index is 11.8. The summed E-state index contributed by atoms with van der Waals surface area (Å²) in [7, 11) is 0. The molecule has 0 atom stereocenters. The monoisotopic (exact) mass is 232 g/mol. The van der Waals surface area contributed by atoms with Crippen LogP contribution in [0.25, 0.3) is 11.0 Å². The molecule has 3 rings (SSSR count). The molecule has 88 valence electrons. The maximum absolute atomic E-state index is 11.8. The van der Waals surface area contributed by atoms with E-state index in [-0.39, 0.29) is 11.8 Å². The fourth-order valence-corrected chi connectivity index (χ4v) is 1.96. The lowest BCUT2D eigenvalue weighted by Gasteiger charge is -2.12. The van der Waals surface area contributed by atoms with Crippen LogP contribution in [0.4, 0.5) is 0 Å². The largest absolute Gasteiger partial charge is 0.348 e. The second-order valence-corrected chi connectivity index (χ2v) is 3.87. The summed E-state index contributed by atoms with van der Waals surface area (Å²) < 4.78 is 12.3. The van der Waals surface area contributed by atoms with Gasteiger partial charge in [-0.1, -0.05) is 0 Å². The van der Waals surface area contributed by atoms with Crippen molar-refractivity contribution in [3.8, 4) is 0 Å². The average molecular weight is 232 g/mol. The Morgan fingerprint density at radius 1 is 1.29 bits per heavy atom. The molecule has 5 nitrogen and oxygen atoms in total. The Balaban J connectivity index is 2.06. The summed E-state index contributed by atoms with van der Waals surface area (Å²) in [6, 6.07) is 7.09. The summed E-state index contributed by atoms with van der Waals surface area (Å²) in [5.41, 5.74) is 0.578. The molecule has 0 N–H and O–H groups in total. The molecule has 5 heteroatoms. The Morgan fingerprint density at radius 2 is 2.12 bits per heavy atom. The van der Waals surface area contributed by atoms with Gasteiger partial charge in [0.25, 0.3) is 5.56 Å². The molecule has 1 fully saturated rings. The molecule has 3 heterocycles. The van der Waals surface area contributed by atoms with Crippen LogP contribution in [0.2, 0.25) is 0 Å². The Hall–Kier alpha value is -1.72. The van der Waals surface area contributed by atoms with Crippen molar-refractivity contribution in [1.29, 1.82) is 0 Å². The second kappa shape index (κ2) is 4.27. The molecule has 2 aromatic rings. The van der Waals surface area contributed by atoms with E-state index in [1.165, 1.54) is 0 Å². The van der Waals surface area contributed by atoms with E-state index in [0.29, 0.717) is 25.4 Å². The Kier molecular flexibility index (Phi) is 2.62. The smallest absolute Gasteiger partial charge is 0.252 e. The van der Waals surface area contributed by atoms with Crippen LogP contribution in [0.1, 0.15) is 0 Å². The Morgan fingerprint density at radius 3 is 2.94 bits per heavy atom. The SMILES string of the molecule is O=c1ccc2cccnc2n1CC1OCCO1. The van der Waals surface area contributed by atoms with Gasteiger partial charge < -0.3 is 9.47 Å². The van der Waals surface area contributed by atoms with Gasteiger partial charge >= 0.3 is 0 Å². The molecule has 0 aliphatic carbocycles. The lowest BCUT2D eigenvalue weighted by atomic mass is 10.3. The highest BCUT2D eigenvalue weighted by atomic mass is 16.7. The van der Waals surface area contributed by atoms with Crippen LogP contribution >= 0.6 is 0 Å². The number of hydrogen-bond acceptors (Lipinski definition) is 4. The molecule has 1 saturated heterocycles. The lowest BCUT2D eigenvalue weighted by Crippen LogP contribution is -2.27. The topological polar surface area (TPSA) is 53.4 Å². The fraction of sp³-hybridized carbons (Fsp3) is 0.333. The molecular weight excluding hydrogens is 220 g/mol. The Labute approximate surface area is 97.6 Å². The minimum atomic E-state index is -0.347. The van der Waals surface area contributed by atoms with Gasteiger partial charge in [-0.2, -0.15) is 0 Å². The molecular formula is C12H12N2O3. The average Bonchev–Trinajstić information content (AvgIpc) is 2.86. The molecule has 0 aromatic carbocycles. The normalized spacial score (nSPS) is 16.7. The highest BCUT2D eigenvalue weighted by Crippen LogP contribution is 2.11. The third-order valence-corrected chi connectivity index (χ3v) is 2.77. The zero-order chi connectivity index (χ0) is 11.7. The molecule has 0 saturated carbocycles. The van der Waals surface area contributed by atoms with E-state index in [4.69, 9.17) is 9.47 Å². The molecule has 0 bridgehead atoms. The lowest BCUT2D eigenvalue weighted by molar-refractivity contribution is -0.0523. The quantitative estimate of drug-likeness (QED) is 0.767. The molecule has 0 spiro atoms. The van der Waals surface area contributed by atoms with Crippen LogP contribution in [0.15, 0.2) is 35.3 Å². The van der Waals surface area contributed by atoms with Crippen molar-refractivity contribution in [2.45, 2.75) is 12.8 Å². The summed E-state index contributed by atoms with van der Waals surface area (Å²) in [5, 5.41) is 0.935. The van der Waals surface area contributed by atoms with Gasteiger partial charge in [0.1, 0.15) is 5.65 Å². The fourth-order valence-electron chi connectivity index (χ4n) is 1.96. The van der Waals surface area contributed by atoms with Gasteiger partial charge in [-0.15, -0.1) is 0 Å². The number of aromatic nitrogens is 2. The summed E-state index contributed by atoms with van der Waals surface area (Å²) in [4.78, 5) is 16.1. The van der Waals surface area contributed by atoms with E-state index in [1.54, 1.807) is 22.9 Å². The summed E-state index contributed by atoms with van der Waals surface area (Å²) in [5.74, 6) is 0. The summed E-state index contributed by atoms with van der Waals surface area (Å²) in [6.45, 7) is 1.54. The summed E-state index contributed by atoms with van der Waals surface area (Å²) in [6.07, 6.45) is 1.33. The molecule has 1 aliphatic rings. The number of pyridine rings is 2. The first-order valence-corrected chi connectivity index (χ1v) is 5.52. The maximum Gasteiger partial charge on any atom is 0.252 e. The van der Waals surface area contributed by atoms with Crippen molar-refractivity contribution in [2.24, 2.45) is 0 Å². The number of hydrogen-bond donors (Lipinski definition) is 0. The highest BCUT2D eigenvalue weighted by molar-refractivity contribution is 5.74. The van der Waals surface area contributed by atoms with Gasteiger partial charge in [0.05, 0.1) is 19.8 Å². The first kappa shape index (κ1) is 10.4. The molecule has 0 radical (unpaired) electrons. The van der Waals surface area contributed by atoms with Gasteiger partial charge in [-0.05, 0) is 18.2 Å². The zero-order valence-corrected chi connectivity index (χ0v) is 9.20.